The molecule has 0 aromatic rings. The third kappa shape index (κ3) is 2.62. The lowest BCUT2D eigenvalue weighted by molar-refractivity contribution is -0.147. The molecule has 0 bridgehead atoms. The number of ketones is 1. The Balaban J connectivity index is 1.41. The number of fused-ring (bicyclic) bond motifs is 6. The zero-order valence-electron chi connectivity index (χ0n) is 16.4. The van der Waals surface area contributed by atoms with Crippen LogP contribution in [0.15, 0.2) is 0 Å². The van der Waals surface area contributed by atoms with E-state index >= 15 is 0 Å². The van der Waals surface area contributed by atoms with Crippen LogP contribution in [0.1, 0.15) is 71.6 Å². The Morgan fingerprint density at radius 2 is 1.73 bits per heavy atom. The molecule has 0 radical (unpaired) electrons. The zero-order chi connectivity index (χ0) is 18.3. The smallest absolute Gasteiger partial charge is 0.147 e. The van der Waals surface area contributed by atoms with Gasteiger partial charge in [0.1, 0.15) is 5.78 Å². The molecule has 5 saturated carbocycles. The van der Waals surface area contributed by atoms with E-state index in [1.807, 2.05) is 0 Å². The molecule has 0 amide bonds. The normalized spacial score (nSPS) is 58.0. The monoisotopic (exact) mass is 422 g/mol. The van der Waals surface area contributed by atoms with Gasteiger partial charge in [0.2, 0.25) is 0 Å². The largest absolute Gasteiger partial charge is 0.390 e. The first-order valence-electron chi connectivity index (χ1n) is 11.1. The van der Waals surface area contributed by atoms with Crippen LogP contribution in [-0.2, 0) is 4.79 Å². The number of carbonyl (C=O) groups is 1. The van der Waals surface area contributed by atoms with E-state index in [9.17, 15) is 9.90 Å². The van der Waals surface area contributed by atoms with Crippen molar-refractivity contribution in [2.45, 2.75) is 77.2 Å². The molecule has 10 atom stereocenters. The van der Waals surface area contributed by atoms with Crippen molar-refractivity contribution in [3.63, 3.8) is 0 Å². The lowest BCUT2D eigenvalue weighted by Crippen LogP contribution is -2.55. The topological polar surface area (TPSA) is 37.3 Å². The maximum atomic E-state index is 12.8. The fourth-order valence-corrected chi connectivity index (χ4v) is 9.06. The van der Waals surface area contributed by atoms with Crippen molar-refractivity contribution < 1.29 is 9.90 Å². The third-order valence-electron chi connectivity index (χ3n) is 9.83. The van der Waals surface area contributed by atoms with Gasteiger partial charge in [-0.05, 0) is 112 Å². The molecular formula is C23H35BrO2. The van der Waals surface area contributed by atoms with Crippen molar-refractivity contribution in [3.05, 3.63) is 0 Å². The lowest BCUT2D eigenvalue weighted by Gasteiger charge is -2.60. The van der Waals surface area contributed by atoms with E-state index < -0.39 is 5.60 Å². The van der Waals surface area contributed by atoms with Crippen LogP contribution >= 0.6 is 15.9 Å². The summed E-state index contributed by atoms with van der Waals surface area (Å²) in [5, 5.41) is 11.1. The molecular weight excluding hydrogens is 388 g/mol. The molecule has 0 saturated heterocycles. The molecule has 26 heavy (non-hydrogen) atoms. The molecule has 1 N–H and O–H groups in total. The van der Waals surface area contributed by atoms with Crippen LogP contribution in [0.5, 0.6) is 0 Å². The van der Waals surface area contributed by atoms with Crippen molar-refractivity contribution in [3.8, 4) is 0 Å². The number of carbonyl (C=O) groups excluding carboxylic acids is 1. The van der Waals surface area contributed by atoms with Crippen molar-refractivity contribution in [2.75, 3.05) is 5.33 Å². The molecule has 0 spiro atoms. The average molecular weight is 423 g/mol. The first-order valence-corrected chi connectivity index (χ1v) is 12.3. The van der Waals surface area contributed by atoms with Gasteiger partial charge in [0.15, 0.2) is 0 Å². The van der Waals surface area contributed by atoms with Crippen molar-refractivity contribution in [1.82, 2.24) is 0 Å². The van der Waals surface area contributed by atoms with Crippen LogP contribution in [0.25, 0.3) is 0 Å². The molecule has 5 aliphatic rings. The minimum absolute atomic E-state index is 0.261. The minimum atomic E-state index is -0.420. The van der Waals surface area contributed by atoms with Crippen LogP contribution in [0.2, 0.25) is 0 Å². The highest BCUT2D eigenvalue weighted by molar-refractivity contribution is 9.09. The summed E-state index contributed by atoms with van der Waals surface area (Å²) < 4.78 is 0. The summed E-state index contributed by atoms with van der Waals surface area (Å²) in [6.07, 6.45) is 11.3. The summed E-state index contributed by atoms with van der Waals surface area (Å²) in [6.45, 7) is 4.55. The molecule has 5 rings (SSSR count). The Kier molecular flexibility index (Phi) is 4.23. The molecule has 5 fully saturated rings. The predicted molar refractivity (Wildman–Crippen MR) is 107 cm³/mol. The highest BCUT2D eigenvalue weighted by Crippen LogP contribution is 2.70. The van der Waals surface area contributed by atoms with Gasteiger partial charge >= 0.3 is 0 Å². The number of hydrogen-bond acceptors (Lipinski definition) is 2. The van der Waals surface area contributed by atoms with Gasteiger partial charge in [-0.2, -0.15) is 0 Å². The quantitative estimate of drug-likeness (QED) is 0.619. The molecule has 5 aliphatic carbocycles. The Labute approximate surface area is 167 Å². The number of hydrogen-bond donors (Lipinski definition) is 1. The van der Waals surface area contributed by atoms with Gasteiger partial charge in [0.25, 0.3) is 0 Å². The van der Waals surface area contributed by atoms with Crippen molar-refractivity contribution in [1.29, 1.82) is 0 Å². The van der Waals surface area contributed by atoms with Crippen LogP contribution < -0.4 is 0 Å². The second-order valence-corrected chi connectivity index (χ2v) is 11.8. The summed E-state index contributed by atoms with van der Waals surface area (Å²) in [5.74, 6) is 6.48. The Bertz CT molecular complexity index is 601. The Hall–Kier alpha value is 0.110. The molecule has 0 heterocycles. The summed E-state index contributed by atoms with van der Waals surface area (Å²) in [6, 6.07) is 0. The molecule has 0 aliphatic heterocycles. The maximum absolute atomic E-state index is 12.8. The van der Waals surface area contributed by atoms with Crippen LogP contribution in [-0.4, -0.2) is 21.8 Å². The highest BCUT2D eigenvalue weighted by Gasteiger charge is 2.64. The van der Waals surface area contributed by atoms with Gasteiger partial charge in [-0.1, -0.05) is 22.9 Å². The summed E-state index contributed by atoms with van der Waals surface area (Å²) in [7, 11) is 0. The van der Waals surface area contributed by atoms with E-state index in [1.165, 1.54) is 44.9 Å². The third-order valence-corrected chi connectivity index (χ3v) is 10.4. The van der Waals surface area contributed by atoms with E-state index in [-0.39, 0.29) is 5.41 Å². The first kappa shape index (κ1) is 18.2. The summed E-state index contributed by atoms with van der Waals surface area (Å²) >= 11 is 3.49. The van der Waals surface area contributed by atoms with Crippen molar-refractivity contribution >= 4 is 21.7 Å². The van der Waals surface area contributed by atoms with Gasteiger partial charge in [-0.3, -0.25) is 4.79 Å². The standard InChI is InChI=1S/C23H35BrO2/c1-22(26)7-5-15-13(11-22)3-4-17-16(15)6-8-23(2)19(17)10-14-9-18(14)21(23)20(25)12-24/h13-19,21,26H,3-12H2,1-2H3/t13-,14-,15+,16-,17-,18-,19+,21-,22-,23+/m1/s1. The van der Waals surface area contributed by atoms with E-state index in [0.29, 0.717) is 22.9 Å². The van der Waals surface area contributed by atoms with Gasteiger partial charge in [0.05, 0.1) is 10.9 Å². The number of halogens is 1. The number of alkyl halides is 1. The molecule has 2 nitrogen and oxygen atoms in total. The SMILES string of the molecule is C[C@@]1(O)CC[C@H]2[C@H](CC[C@@H]3[C@@H]2CC[C@@]2(C)[C@H]3C[C@H]3C[C@H]3[C@@H]2C(=O)CBr)C1. The second kappa shape index (κ2) is 6.05. The fraction of sp³-hybridized carbons (Fsp3) is 0.957. The first-order chi connectivity index (χ1) is 12.3. The van der Waals surface area contributed by atoms with Gasteiger partial charge in [-0.15, -0.1) is 0 Å². The summed E-state index contributed by atoms with van der Waals surface area (Å²) in [5.41, 5.74) is -0.159. The molecule has 3 heteroatoms. The van der Waals surface area contributed by atoms with Gasteiger partial charge in [0, 0.05) is 5.92 Å². The number of Topliss-reactive ketones (excluding diaryl/α,β-unsaturated/α-hetero) is 1. The van der Waals surface area contributed by atoms with E-state index in [4.69, 9.17) is 0 Å². The minimum Gasteiger partial charge on any atom is -0.390 e. The van der Waals surface area contributed by atoms with Crippen molar-refractivity contribution in [2.24, 2.45) is 52.8 Å². The van der Waals surface area contributed by atoms with E-state index in [1.54, 1.807) is 0 Å². The molecule has 0 aromatic carbocycles. The van der Waals surface area contributed by atoms with Gasteiger partial charge in [-0.25, -0.2) is 0 Å². The number of rotatable bonds is 2. The zero-order valence-corrected chi connectivity index (χ0v) is 18.0. The van der Waals surface area contributed by atoms with E-state index in [2.05, 4.69) is 29.8 Å². The number of aliphatic hydroxyl groups is 1. The Morgan fingerprint density at radius 1 is 0.962 bits per heavy atom. The highest BCUT2D eigenvalue weighted by atomic mass is 79.9. The molecule has 0 unspecified atom stereocenters. The second-order valence-electron chi connectivity index (χ2n) is 11.2. The van der Waals surface area contributed by atoms with Gasteiger partial charge < -0.3 is 5.11 Å². The van der Waals surface area contributed by atoms with Crippen LogP contribution in [0.3, 0.4) is 0 Å². The lowest BCUT2D eigenvalue weighted by atomic mass is 9.44. The fourth-order valence-electron chi connectivity index (χ4n) is 8.71. The van der Waals surface area contributed by atoms with Crippen LogP contribution in [0, 0.1) is 52.8 Å². The molecule has 146 valence electrons. The summed E-state index contributed by atoms with van der Waals surface area (Å²) in [4.78, 5) is 12.8. The van der Waals surface area contributed by atoms with E-state index in [0.717, 1.165) is 48.3 Å². The Morgan fingerprint density at radius 3 is 2.50 bits per heavy atom. The molecule has 0 aromatic heterocycles. The maximum Gasteiger partial charge on any atom is 0.147 e. The van der Waals surface area contributed by atoms with Crippen LogP contribution in [0.4, 0.5) is 0 Å². The average Bonchev–Trinajstić information content (AvgIpc) is 3.36. The predicted octanol–water partition coefficient (Wildman–Crippen LogP) is 5.22.